The highest BCUT2D eigenvalue weighted by molar-refractivity contribution is 5.82. The quantitative estimate of drug-likeness (QED) is 0.816. The average Bonchev–Trinajstić information content (AvgIpc) is 3.11. The lowest BCUT2D eigenvalue weighted by Crippen LogP contribution is -2.43. The zero-order valence-electron chi connectivity index (χ0n) is 14.5. The maximum absolute atomic E-state index is 12.6. The number of likely N-dealkylation sites (tertiary alicyclic amines) is 1. The highest BCUT2D eigenvalue weighted by Gasteiger charge is 2.30. The monoisotopic (exact) mass is 338 g/mol. The van der Waals surface area contributed by atoms with Crippen LogP contribution in [0, 0.1) is 0 Å². The molecule has 0 radical (unpaired) electrons. The van der Waals surface area contributed by atoms with E-state index in [0.717, 1.165) is 37.9 Å². The summed E-state index contributed by atoms with van der Waals surface area (Å²) in [6.45, 7) is 2.53. The first-order valence-corrected chi connectivity index (χ1v) is 9.00. The van der Waals surface area contributed by atoms with E-state index in [2.05, 4.69) is 22.3 Å². The zero-order valence-corrected chi connectivity index (χ0v) is 14.5. The molecule has 0 aromatic heterocycles. The number of carbonyl (C=O) groups excluding carboxylic acids is 1. The van der Waals surface area contributed by atoms with Crippen LogP contribution >= 0.6 is 0 Å². The van der Waals surface area contributed by atoms with Crippen LogP contribution in [-0.4, -0.2) is 35.0 Å². The van der Waals surface area contributed by atoms with E-state index in [4.69, 9.17) is 5.11 Å². The second-order valence-electron chi connectivity index (χ2n) is 6.63. The smallest absolute Gasteiger partial charge is 0.237 e. The lowest BCUT2D eigenvalue weighted by molar-refractivity contribution is -0.125. The highest BCUT2D eigenvalue weighted by Crippen LogP contribution is 2.20. The fraction of sp³-hybridized carbons (Fsp3) is 0.381. The standard InChI is InChI=1S/C21H26N2O2/c24-16-19-10-8-17(9-11-19)12-13-22-21(25)20-7-4-14-23(20)15-18-5-2-1-3-6-18/h1-3,5-6,8-11,20,24H,4,7,12-16H2,(H,22,25). The van der Waals surface area contributed by atoms with Crippen molar-refractivity contribution in [1.82, 2.24) is 10.2 Å². The van der Waals surface area contributed by atoms with E-state index in [1.54, 1.807) is 0 Å². The molecule has 3 rings (SSSR count). The molecule has 1 amide bonds. The van der Waals surface area contributed by atoms with Gasteiger partial charge in [0.05, 0.1) is 12.6 Å². The van der Waals surface area contributed by atoms with Gasteiger partial charge in [0.25, 0.3) is 0 Å². The molecule has 132 valence electrons. The third-order valence-corrected chi connectivity index (χ3v) is 4.81. The summed E-state index contributed by atoms with van der Waals surface area (Å²) in [6, 6.07) is 18.2. The third-order valence-electron chi connectivity index (χ3n) is 4.81. The number of nitrogens with zero attached hydrogens (tertiary/aromatic N) is 1. The largest absolute Gasteiger partial charge is 0.392 e. The summed E-state index contributed by atoms with van der Waals surface area (Å²) >= 11 is 0. The predicted octanol–water partition coefficient (Wildman–Crippen LogP) is 2.50. The number of rotatable bonds is 7. The van der Waals surface area contributed by atoms with Crippen LogP contribution < -0.4 is 5.32 Å². The summed E-state index contributed by atoms with van der Waals surface area (Å²) < 4.78 is 0. The summed E-state index contributed by atoms with van der Waals surface area (Å²) in [4.78, 5) is 14.8. The lowest BCUT2D eigenvalue weighted by Gasteiger charge is -2.23. The molecule has 2 aromatic carbocycles. The van der Waals surface area contributed by atoms with Gasteiger partial charge in [-0.3, -0.25) is 9.69 Å². The maximum atomic E-state index is 12.6. The molecule has 0 bridgehead atoms. The molecule has 1 aliphatic heterocycles. The van der Waals surface area contributed by atoms with Crippen molar-refractivity contribution in [3.8, 4) is 0 Å². The van der Waals surface area contributed by atoms with Crippen molar-refractivity contribution in [2.75, 3.05) is 13.1 Å². The Morgan fingerprint density at radius 3 is 2.48 bits per heavy atom. The molecule has 0 aliphatic carbocycles. The van der Waals surface area contributed by atoms with Crippen LogP contribution in [0.5, 0.6) is 0 Å². The number of aliphatic hydroxyl groups excluding tert-OH is 1. The molecular weight excluding hydrogens is 312 g/mol. The number of amides is 1. The maximum Gasteiger partial charge on any atom is 0.237 e. The zero-order chi connectivity index (χ0) is 17.5. The van der Waals surface area contributed by atoms with Crippen molar-refractivity contribution in [1.29, 1.82) is 0 Å². The second kappa shape index (κ2) is 8.79. The van der Waals surface area contributed by atoms with E-state index >= 15 is 0 Å². The minimum atomic E-state index is -0.0167. The molecule has 1 heterocycles. The van der Waals surface area contributed by atoms with E-state index in [0.29, 0.717) is 6.54 Å². The van der Waals surface area contributed by atoms with Gasteiger partial charge in [-0.2, -0.15) is 0 Å². The van der Waals surface area contributed by atoms with E-state index < -0.39 is 0 Å². The van der Waals surface area contributed by atoms with Crippen LogP contribution in [0.15, 0.2) is 54.6 Å². The molecule has 1 fully saturated rings. The van der Waals surface area contributed by atoms with Gasteiger partial charge in [0, 0.05) is 13.1 Å². The van der Waals surface area contributed by atoms with Crippen LogP contribution in [0.1, 0.15) is 29.5 Å². The van der Waals surface area contributed by atoms with Crippen LogP contribution in [0.25, 0.3) is 0 Å². The highest BCUT2D eigenvalue weighted by atomic mass is 16.3. The van der Waals surface area contributed by atoms with Crippen molar-refractivity contribution in [2.45, 2.75) is 38.5 Å². The fourth-order valence-electron chi connectivity index (χ4n) is 3.39. The van der Waals surface area contributed by atoms with Crippen LogP contribution in [0.4, 0.5) is 0 Å². The van der Waals surface area contributed by atoms with Crippen molar-refractivity contribution in [3.63, 3.8) is 0 Å². The topological polar surface area (TPSA) is 52.6 Å². The Labute approximate surface area is 149 Å². The van der Waals surface area contributed by atoms with Gasteiger partial charge in [-0.15, -0.1) is 0 Å². The minimum absolute atomic E-state index is 0.0167. The Kier molecular flexibility index (Phi) is 6.20. The number of benzene rings is 2. The molecule has 0 spiro atoms. The predicted molar refractivity (Wildman–Crippen MR) is 99.0 cm³/mol. The van der Waals surface area contributed by atoms with Gasteiger partial charge in [-0.1, -0.05) is 54.6 Å². The minimum Gasteiger partial charge on any atom is -0.392 e. The first kappa shape index (κ1) is 17.6. The van der Waals surface area contributed by atoms with Crippen molar-refractivity contribution in [3.05, 3.63) is 71.3 Å². The van der Waals surface area contributed by atoms with E-state index in [9.17, 15) is 4.79 Å². The first-order valence-electron chi connectivity index (χ1n) is 9.00. The van der Waals surface area contributed by atoms with Crippen molar-refractivity contribution in [2.24, 2.45) is 0 Å². The SMILES string of the molecule is O=C(NCCc1ccc(CO)cc1)C1CCCN1Cc1ccccc1. The molecule has 1 aliphatic rings. The normalized spacial score (nSPS) is 17.6. The Morgan fingerprint density at radius 1 is 1.04 bits per heavy atom. The molecular formula is C21H26N2O2. The molecule has 1 saturated heterocycles. The third kappa shape index (κ3) is 4.91. The molecule has 1 atom stereocenters. The Balaban J connectivity index is 1.48. The van der Waals surface area contributed by atoms with Crippen LogP contribution in [0.2, 0.25) is 0 Å². The summed E-state index contributed by atoms with van der Waals surface area (Å²) in [7, 11) is 0. The summed E-state index contributed by atoms with van der Waals surface area (Å²) in [5.41, 5.74) is 3.34. The van der Waals surface area contributed by atoms with Crippen LogP contribution in [0.3, 0.4) is 0 Å². The average molecular weight is 338 g/mol. The van der Waals surface area contributed by atoms with Gasteiger partial charge in [-0.05, 0) is 42.5 Å². The van der Waals surface area contributed by atoms with E-state index in [-0.39, 0.29) is 18.6 Å². The van der Waals surface area contributed by atoms with E-state index in [1.807, 2.05) is 42.5 Å². The molecule has 4 nitrogen and oxygen atoms in total. The Bertz CT molecular complexity index is 670. The fourth-order valence-corrected chi connectivity index (χ4v) is 3.39. The van der Waals surface area contributed by atoms with Gasteiger partial charge >= 0.3 is 0 Å². The summed E-state index contributed by atoms with van der Waals surface area (Å²) in [6.07, 6.45) is 2.82. The number of aliphatic hydroxyl groups is 1. The molecule has 4 heteroatoms. The molecule has 2 aromatic rings. The number of hydrogen-bond acceptors (Lipinski definition) is 3. The summed E-state index contributed by atoms with van der Waals surface area (Å²) in [5.74, 6) is 0.139. The van der Waals surface area contributed by atoms with Crippen molar-refractivity contribution >= 4 is 5.91 Å². The van der Waals surface area contributed by atoms with Crippen molar-refractivity contribution < 1.29 is 9.90 Å². The van der Waals surface area contributed by atoms with Gasteiger partial charge in [0.15, 0.2) is 0 Å². The number of carbonyl (C=O) groups is 1. The molecule has 2 N–H and O–H groups in total. The van der Waals surface area contributed by atoms with Gasteiger partial charge < -0.3 is 10.4 Å². The number of hydrogen-bond donors (Lipinski definition) is 2. The number of nitrogens with one attached hydrogen (secondary N) is 1. The van der Waals surface area contributed by atoms with Gasteiger partial charge in [-0.25, -0.2) is 0 Å². The van der Waals surface area contributed by atoms with Gasteiger partial charge in [0.1, 0.15) is 0 Å². The Morgan fingerprint density at radius 2 is 1.76 bits per heavy atom. The molecule has 0 saturated carbocycles. The van der Waals surface area contributed by atoms with Gasteiger partial charge in [0.2, 0.25) is 5.91 Å². The Hall–Kier alpha value is -2.17. The first-order chi connectivity index (χ1) is 12.3. The van der Waals surface area contributed by atoms with Crippen LogP contribution in [-0.2, 0) is 24.4 Å². The molecule has 1 unspecified atom stereocenters. The lowest BCUT2D eigenvalue weighted by atomic mass is 10.1. The second-order valence-corrected chi connectivity index (χ2v) is 6.63. The molecule has 25 heavy (non-hydrogen) atoms. The van der Waals surface area contributed by atoms with E-state index in [1.165, 1.54) is 11.1 Å². The summed E-state index contributed by atoms with van der Waals surface area (Å²) in [5, 5.41) is 12.2.